The third kappa shape index (κ3) is 6.22. The van der Waals surface area contributed by atoms with Crippen LogP contribution in [0.15, 0.2) is 28.7 Å². The van der Waals surface area contributed by atoms with E-state index in [1.807, 2.05) is 24.3 Å². The van der Waals surface area contributed by atoms with Crippen LogP contribution in [0.4, 0.5) is 0 Å². The number of amides is 1. The Kier molecular flexibility index (Phi) is 8.03. The van der Waals surface area contributed by atoms with Gasteiger partial charge < -0.3 is 20.5 Å². The van der Waals surface area contributed by atoms with E-state index >= 15 is 0 Å². The van der Waals surface area contributed by atoms with Gasteiger partial charge in [0.05, 0.1) is 4.47 Å². The minimum atomic E-state index is -0.717. The van der Waals surface area contributed by atoms with Gasteiger partial charge in [0.25, 0.3) is 0 Å². The first-order valence-electron chi connectivity index (χ1n) is 6.68. The molecule has 1 fully saturated rings. The summed E-state index contributed by atoms with van der Waals surface area (Å²) < 4.78 is 6.33. The van der Waals surface area contributed by atoms with Gasteiger partial charge in [0.1, 0.15) is 18.5 Å². The van der Waals surface area contributed by atoms with E-state index in [-0.39, 0.29) is 31.5 Å². The summed E-state index contributed by atoms with van der Waals surface area (Å²) in [5.74, 6) is 1.10. The quantitative estimate of drug-likeness (QED) is 0.668. The Morgan fingerprint density at radius 1 is 1.48 bits per heavy atom. The minimum Gasteiger partial charge on any atom is -0.490 e. The molecule has 1 saturated heterocycles. The molecule has 1 aromatic rings. The number of ether oxygens (including phenoxy) is 1. The number of carbonyl (C=O) groups excluding carboxylic acids is 1. The normalized spacial score (nSPS) is 15.5. The number of aliphatic hydroxyl groups excluding tert-OH is 1. The van der Waals surface area contributed by atoms with Crippen molar-refractivity contribution in [1.82, 2.24) is 10.6 Å². The average molecular weight is 380 g/mol. The zero-order valence-electron chi connectivity index (χ0n) is 11.5. The molecule has 0 spiro atoms. The van der Waals surface area contributed by atoms with Crippen molar-refractivity contribution < 1.29 is 14.6 Å². The minimum absolute atomic E-state index is 0. The predicted molar refractivity (Wildman–Crippen MR) is 86.9 cm³/mol. The smallest absolute Gasteiger partial charge is 0.220 e. The van der Waals surface area contributed by atoms with Gasteiger partial charge in [-0.3, -0.25) is 4.79 Å². The van der Waals surface area contributed by atoms with Gasteiger partial charge in [-0.05, 0) is 47.1 Å². The van der Waals surface area contributed by atoms with Crippen LogP contribution in [0.25, 0.3) is 0 Å². The predicted octanol–water partition coefficient (Wildman–Crippen LogP) is 1.34. The Labute approximate surface area is 139 Å². The molecule has 0 bridgehead atoms. The van der Waals surface area contributed by atoms with E-state index in [2.05, 4.69) is 26.6 Å². The number of benzene rings is 1. The molecule has 118 valence electrons. The molecule has 1 heterocycles. The molecule has 3 N–H and O–H groups in total. The molecule has 0 radical (unpaired) electrons. The Morgan fingerprint density at radius 3 is 2.81 bits per heavy atom. The number of halogens is 2. The van der Waals surface area contributed by atoms with E-state index in [0.717, 1.165) is 17.6 Å². The van der Waals surface area contributed by atoms with Gasteiger partial charge >= 0.3 is 0 Å². The summed E-state index contributed by atoms with van der Waals surface area (Å²) in [5.41, 5.74) is 0. The van der Waals surface area contributed by atoms with Gasteiger partial charge in [-0.15, -0.1) is 12.4 Å². The highest BCUT2D eigenvalue weighted by Gasteiger charge is 2.20. The fourth-order valence-corrected chi connectivity index (χ4v) is 2.26. The number of hydrogen-bond acceptors (Lipinski definition) is 4. The van der Waals surface area contributed by atoms with Crippen molar-refractivity contribution in [2.45, 2.75) is 12.5 Å². The lowest BCUT2D eigenvalue weighted by Crippen LogP contribution is -2.45. The molecule has 1 amide bonds. The van der Waals surface area contributed by atoms with Crippen LogP contribution in [-0.2, 0) is 4.79 Å². The van der Waals surface area contributed by atoms with Gasteiger partial charge in [-0.25, -0.2) is 0 Å². The molecule has 7 heteroatoms. The first-order valence-corrected chi connectivity index (χ1v) is 7.47. The van der Waals surface area contributed by atoms with Crippen molar-refractivity contribution in [3.8, 4) is 5.75 Å². The van der Waals surface area contributed by atoms with Gasteiger partial charge in [0.2, 0.25) is 5.91 Å². The number of carbonyl (C=O) groups is 1. The summed E-state index contributed by atoms with van der Waals surface area (Å²) in [7, 11) is 0. The van der Waals surface area contributed by atoms with Crippen LogP contribution in [0.1, 0.15) is 6.42 Å². The fraction of sp³-hybridized carbons (Fsp3) is 0.500. The Hall–Kier alpha value is -0.820. The molecule has 1 atom stereocenters. The van der Waals surface area contributed by atoms with Crippen LogP contribution in [-0.4, -0.2) is 43.4 Å². The summed E-state index contributed by atoms with van der Waals surface area (Å²) in [6.45, 7) is 2.17. The Bertz CT molecular complexity index is 458. The first-order chi connectivity index (χ1) is 9.65. The lowest BCUT2D eigenvalue weighted by Gasteiger charge is -2.26. The molecular formula is C14H20BrClN2O3. The van der Waals surface area contributed by atoms with E-state index in [9.17, 15) is 9.90 Å². The highest BCUT2D eigenvalue weighted by atomic mass is 79.9. The number of aliphatic hydroxyl groups is 1. The van der Waals surface area contributed by atoms with Crippen LogP contribution < -0.4 is 15.4 Å². The van der Waals surface area contributed by atoms with E-state index in [0.29, 0.717) is 18.1 Å². The lowest BCUT2D eigenvalue weighted by molar-refractivity contribution is -0.122. The van der Waals surface area contributed by atoms with Gasteiger partial charge in [0.15, 0.2) is 0 Å². The van der Waals surface area contributed by atoms with Gasteiger partial charge in [0, 0.05) is 13.0 Å². The van der Waals surface area contributed by atoms with Crippen molar-refractivity contribution in [2.75, 3.05) is 26.2 Å². The summed E-state index contributed by atoms with van der Waals surface area (Å²) in [5, 5.41) is 15.6. The number of hydrogen-bond donors (Lipinski definition) is 3. The molecule has 0 aliphatic carbocycles. The molecule has 1 unspecified atom stereocenters. The molecule has 5 nitrogen and oxygen atoms in total. The Balaban J connectivity index is 0.00000220. The third-order valence-electron chi connectivity index (χ3n) is 3.14. The molecule has 1 aliphatic heterocycles. The summed E-state index contributed by atoms with van der Waals surface area (Å²) in [6, 6.07) is 7.44. The van der Waals surface area contributed by atoms with Crippen molar-refractivity contribution in [1.29, 1.82) is 0 Å². The average Bonchev–Trinajstić information content (AvgIpc) is 2.40. The molecule has 1 aromatic carbocycles. The SMILES string of the molecule is Cl.O=C(CC1CNC1)NCC(O)COc1ccccc1Br. The lowest BCUT2D eigenvalue weighted by atomic mass is 9.99. The fourth-order valence-electron chi connectivity index (χ4n) is 1.87. The molecular weight excluding hydrogens is 360 g/mol. The summed E-state index contributed by atoms with van der Waals surface area (Å²) in [6.07, 6.45) is -0.198. The monoisotopic (exact) mass is 378 g/mol. The van der Waals surface area contributed by atoms with Crippen LogP contribution in [0.3, 0.4) is 0 Å². The molecule has 0 saturated carbocycles. The zero-order valence-corrected chi connectivity index (χ0v) is 14.0. The van der Waals surface area contributed by atoms with Crippen LogP contribution in [0, 0.1) is 5.92 Å². The highest BCUT2D eigenvalue weighted by molar-refractivity contribution is 9.10. The maximum Gasteiger partial charge on any atom is 0.220 e. The molecule has 21 heavy (non-hydrogen) atoms. The third-order valence-corrected chi connectivity index (χ3v) is 3.80. The van der Waals surface area contributed by atoms with Crippen molar-refractivity contribution >= 4 is 34.2 Å². The maximum absolute atomic E-state index is 11.6. The standard InChI is InChI=1S/C14H19BrN2O3.ClH/c15-12-3-1-2-4-13(12)20-9-11(18)8-17-14(19)5-10-6-16-7-10;/h1-4,10-11,16,18H,5-9H2,(H,17,19);1H. The van der Waals surface area contributed by atoms with E-state index in [4.69, 9.17) is 4.74 Å². The van der Waals surface area contributed by atoms with E-state index in [1.54, 1.807) is 0 Å². The molecule has 1 aliphatic rings. The second-order valence-corrected chi connectivity index (χ2v) is 5.78. The first kappa shape index (κ1) is 18.2. The molecule has 0 aromatic heterocycles. The van der Waals surface area contributed by atoms with Crippen LogP contribution >= 0.6 is 28.3 Å². The second kappa shape index (κ2) is 9.25. The summed E-state index contributed by atoms with van der Waals surface area (Å²) >= 11 is 3.37. The van der Waals surface area contributed by atoms with Crippen LogP contribution in [0.2, 0.25) is 0 Å². The Morgan fingerprint density at radius 2 is 2.19 bits per heavy atom. The second-order valence-electron chi connectivity index (χ2n) is 4.93. The summed E-state index contributed by atoms with van der Waals surface area (Å²) in [4.78, 5) is 11.6. The van der Waals surface area contributed by atoms with E-state index in [1.165, 1.54) is 0 Å². The number of nitrogens with one attached hydrogen (secondary N) is 2. The van der Waals surface area contributed by atoms with Gasteiger partial charge in [-0.2, -0.15) is 0 Å². The van der Waals surface area contributed by atoms with Crippen LogP contribution in [0.5, 0.6) is 5.75 Å². The molecule has 2 rings (SSSR count). The highest BCUT2D eigenvalue weighted by Crippen LogP contribution is 2.23. The largest absolute Gasteiger partial charge is 0.490 e. The number of rotatable bonds is 7. The number of para-hydroxylation sites is 1. The van der Waals surface area contributed by atoms with Crippen molar-refractivity contribution in [3.05, 3.63) is 28.7 Å². The van der Waals surface area contributed by atoms with Crippen molar-refractivity contribution in [2.24, 2.45) is 5.92 Å². The zero-order chi connectivity index (χ0) is 14.4. The van der Waals surface area contributed by atoms with E-state index < -0.39 is 6.10 Å². The topological polar surface area (TPSA) is 70.6 Å². The van der Waals surface area contributed by atoms with Gasteiger partial charge in [-0.1, -0.05) is 12.1 Å². The van der Waals surface area contributed by atoms with Crippen molar-refractivity contribution in [3.63, 3.8) is 0 Å². The maximum atomic E-state index is 11.6.